The summed E-state index contributed by atoms with van der Waals surface area (Å²) in [5.41, 5.74) is 3.21. The van der Waals surface area contributed by atoms with Crippen LogP contribution in [0.1, 0.15) is 48.2 Å². The largest absolute Gasteiger partial charge is 0.506 e. The van der Waals surface area contributed by atoms with E-state index in [1.54, 1.807) is 22.6 Å². The van der Waals surface area contributed by atoms with Crippen LogP contribution in [0.4, 0.5) is 5.69 Å². The van der Waals surface area contributed by atoms with Gasteiger partial charge in [-0.2, -0.15) is 0 Å². The summed E-state index contributed by atoms with van der Waals surface area (Å²) in [5.74, 6) is 0.485. The minimum Gasteiger partial charge on any atom is -0.506 e. The molecule has 1 fully saturated rings. The van der Waals surface area contributed by atoms with Crippen LogP contribution < -0.4 is 10.6 Å². The van der Waals surface area contributed by atoms with Crippen molar-refractivity contribution >= 4 is 17.5 Å². The van der Waals surface area contributed by atoms with Crippen LogP contribution in [-0.2, 0) is 23.8 Å². The fourth-order valence-electron chi connectivity index (χ4n) is 3.78. The molecule has 2 heterocycles. The Morgan fingerprint density at radius 3 is 2.61 bits per heavy atom. The van der Waals surface area contributed by atoms with Crippen LogP contribution in [0, 0.1) is 6.92 Å². The number of benzene rings is 1. The lowest BCUT2D eigenvalue weighted by Crippen LogP contribution is -2.60. The summed E-state index contributed by atoms with van der Waals surface area (Å²) >= 11 is 0. The molecule has 166 valence electrons. The van der Waals surface area contributed by atoms with Crippen LogP contribution in [-0.4, -0.2) is 50.5 Å². The number of phenolic OH excluding ortho intramolecular Hbond substituents is 1. The van der Waals surface area contributed by atoms with E-state index >= 15 is 0 Å². The number of aromatic nitrogens is 2. The molecule has 0 radical (unpaired) electrons. The van der Waals surface area contributed by atoms with Gasteiger partial charge in [-0.3, -0.25) is 9.59 Å². The molecule has 0 saturated carbocycles. The van der Waals surface area contributed by atoms with Crippen molar-refractivity contribution in [3.63, 3.8) is 0 Å². The zero-order chi connectivity index (χ0) is 22.9. The highest BCUT2D eigenvalue weighted by Gasteiger charge is 2.31. The van der Waals surface area contributed by atoms with E-state index in [9.17, 15) is 14.7 Å². The van der Waals surface area contributed by atoms with Crippen molar-refractivity contribution in [2.45, 2.75) is 45.7 Å². The summed E-state index contributed by atoms with van der Waals surface area (Å²) in [6.45, 7) is 13.2. The first-order chi connectivity index (χ1) is 14.5. The van der Waals surface area contributed by atoms with Crippen molar-refractivity contribution in [1.82, 2.24) is 19.8 Å². The Bertz CT molecular complexity index is 1010. The van der Waals surface area contributed by atoms with Gasteiger partial charge in [0.25, 0.3) is 5.91 Å². The normalized spacial score (nSPS) is 14.2. The molecular formula is C23H31N5O3. The minimum absolute atomic E-state index is 0.0456. The summed E-state index contributed by atoms with van der Waals surface area (Å²) in [6, 6.07) is 3.65. The van der Waals surface area contributed by atoms with Gasteiger partial charge in [-0.05, 0) is 41.7 Å². The molecular weight excluding hydrogens is 394 g/mol. The molecule has 0 unspecified atom stereocenters. The van der Waals surface area contributed by atoms with Crippen molar-refractivity contribution in [3.8, 4) is 5.75 Å². The van der Waals surface area contributed by atoms with Gasteiger partial charge >= 0.3 is 0 Å². The van der Waals surface area contributed by atoms with E-state index in [0.29, 0.717) is 36.8 Å². The molecule has 3 rings (SSSR count). The molecule has 0 spiro atoms. The smallest absolute Gasteiger partial charge is 0.269 e. The standard InChI is InChI=1S/C23H31N5O3/c1-7-21(30)28-12-15(13-28)26-22(31)18-10-25-20(27(18)6)11-24-17-9-16(23(3,4)5)14(2)8-19(17)29/h7-10,15,24,29H,1,11-13H2,2-6H3,(H,26,31). The molecule has 2 amide bonds. The number of likely N-dealkylation sites (tertiary alicyclic amines) is 1. The van der Waals surface area contributed by atoms with Crippen molar-refractivity contribution in [1.29, 1.82) is 0 Å². The van der Waals surface area contributed by atoms with Gasteiger partial charge in [-0.1, -0.05) is 27.4 Å². The van der Waals surface area contributed by atoms with E-state index in [-0.39, 0.29) is 29.0 Å². The molecule has 8 heteroatoms. The molecule has 3 N–H and O–H groups in total. The van der Waals surface area contributed by atoms with Gasteiger partial charge in [0.15, 0.2) is 0 Å². The number of hydrogen-bond acceptors (Lipinski definition) is 5. The monoisotopic (exact) mass is 425 g/mol. The zero-order valence-corrected chi connectivity index (χ0v) is 18.8. The summed E-state index contributed by atoms with van der Waals surface area (Å²) in [4.78, 5) is 30.1. The van der Waals surface area contributed by atoms with Crippen LogP contribution in [0.5, 0.6) is 5.75 Å². The fourth-order valence-corrected chi connectivity index (χ4v) is 3.78. The van der Waals surface area contributed by atoms with Crippen molar-refractivity contribution in [3.05, 3.63) is 53.6 Å². The van der Waals surface area contributed by atoms with Gasteiger partial charge in [0.05, 0.1) is 24.5 Å². The van der Waals surface area contributed by atoms with E-state index in [1.165, 1.54) is 12.3 Å². The Morgan fingerprint density at radius 2 is 2.00 bits per heavy atom. The third kappa shape index (κ3) is 4.73. The number of nitrogens with one attached hydrogen (secondary N) is 2. The minimum atomic E-state index is -0.231. The van der Waals surface area contributed by atoms with E-state index in [1.807, 2.05) is 13.0 Å². The fraction of sp³-hybridized carbons (Fsp3) is 0.435. The number of hydrogen-bond donors (Lipinski definition) is 3. The number of imidazole rings is 1. The first-order valence-corrected chi connectivity index (χ1v) is 10.3. The molecule has 1 saturated heterocycles. The lowest BCUT2D eigenvalue weighted by molar-refractivity contribution is -0.130. The van der Waals surface area contributed by atoms with E-state index in [4.69, 9.17) is 0 Å². The molecule has 1 aliphatic heterocycles. The van der Waals surface area contributed by atoms with Gasteiger partial charge in [0.2, 0.25) is 5.91 Å². The first-order valence-electron chi connectivity index (χ1n) is 10.3. The summed E-state index contributed by atoms with van der Waals surface area (Å²) < 4.78 is 1.73. The predicted octanol–water partition coefficient (Wildman–Crippen LogP) is 2.47. The number of rotatable bonds is 6. The predicted molar refractivity (Wildman–Crippen MR) is 120 cm³/mol. The first kappa shape index (κ1) is 22.4. The molecule has 0 bridgehead atoms. The Balaban J connectivity index is 1.64. The van der Waals surface area contributed by atoms with Crippen LogP contribution in [0.3, 0.4) is 0 Å². The zero-order valence-electron chi connectivity index (χ0n) is 18.8. The molecule has 1 aliphatic rings. The van der Waals surface area contributed by atoms with Crippen molar-refractivity contribution in [2.24, 2.45) is 7.05 Å². The molecule has 8 nitrogen and oxygen atoms in total. The Labute approximate surface area is 183 Å². The van der Waals surface area contributed by atoms with E-state index in [0.717, 1.165) is 11.1 Å². The quantitative estimate of drug-likeness (QED) is 0.488. The highest BCUT2D eigenvalue weighted by atomic mass is 16.3. The molecule has 1 aromatic carbocycles. The maximum absolute atomic E-state index is 12.6. The molecule has 0 atom stereocenters. The number of carbonyl (C=O) groups is 2. The van der Waals surface area contributed by atoms with Crippen LogP contribution in [0.2, 0.25) is 0 Å². The number of phenols is 1. The average molecular weight is 426 g/mol. The highest BCUT2D eigenvalue weighted by molar-refractivity contribution is 5.93. The Kier molecular flexibility index (Phi) is 6.10. The molecule has 31 heavy (non-hydrogen) atoms. The maximum atomic E-state index is 12.6. The molecule has 1 aromatic heterocycles. The van der Waals surface area contributed by atoms with Crippen molar-refractivity contribution < 1.29 is 14.7 Å². The van der Waals surface area contributed by atoms with Crippen molar-refractivity contribution in [2.75, 3.05) is 18.4 Å². The van der Waals surface area contributed by atoms with E-state index in [2.05, 4.69) is 43.0 Å². The SMILES string of the molecule is C=CC(=O)N1CC(NC(=O)c2cnc(CNc3cc(C(C)(C)C)c(C)cc3O)n2C)C1. The number of carbonyl (C=O) groups excluding carboxylic acids is 2. The second kappa shape index (κ2) is 8.45. The van der Waals surface area contributed by atoms with Gasteiger partial charge in [0, 0.05) is 20.1 Å². The Morgan fingerprint density at radius 1 is 1.32 bits per heavy atom. The van der Waals surface area contributed by atoms with Crippen LogP contribution in [0.15, 0.2) is 31.0 Å². The lowest BCUT2D eigenvalue weighted by atomic mass is 9.83. The van der Waals surface area contributed by atoms with Gasteiger partial charge in [-0.25, -0.2) is 4.98 Å². The third-order valence-corrected chi connectivity index (χ3v) is 5.61. The van der Waals surface area contributed by atoms with Gasteiger partial charge in [0.1, 0.15) is 17.3 Å². The number of aromatic hydroxyl groups is 1. The highest BCUT2D eigenvalue weighted by Crippen LogP contribution is 2.34. The second-order valence-electron chi connectivity index (χ2n) is 9.02. The topological polar surface area (TPSA) is 99.5 Å². The average Bonchev–Trinajstić information content (AvgIpc) is 3.02. The molecule has 2 aromatic rings. The number of aryl methyl sites for hydroxylation is 1. The second-order valence-corrected chi connectivity index (χ2v) is 9.02. The van der Waals surface area contributed by atoms with Crippen LogP contribution >= 0.6 is 0 Å². The lowest BCUT2D eigenvalue weighted by Gasteiger charge is -2.38. The van der Waals surface area contributed by atoms with Crippen LogP contribution in [0.25, 0.3) is 0 Å². The maximum Gasteiger partial charge on any atom is 0.269 e. The molecule has 0 aliphatic carbocycles. The van der Waals surface area contributed by atoms with E-state index < -0.39 is 0 Å². The number of anilines is 1. The van der Waals surface area contributed by atoms with Gasteiger partial charge < -0.3 is 25.2 Å². The number of amides is 2. The number of nitrogens with zero attached hydrogens (tertiary/aromatic N) is 3. The third-order valence-electron chi connectivity index (χ3n) is 5.61. The van der Waals surface area contributed by atoms with Gasteiger partial charge in [-0.15, -0.1) is 0 Å². The summed E-state index contributed by atoms with van der Waals surface area (Å²) in [6.07, 6.45) is 2.81. The summed E-state index contributed by atoms with van der Waals surface area (Å²) in [5, 5.41) is 16.5. The summed E-state index contributed by atoms with van der Waals surface area (Å²) in [7, 11) is 1.78. The Hall–Kier alpha value is -3.29.